The number of rotatable bonds is 0. The summed E-state index contributed by atoms with van der Waals surface area (Å²) in [5.74, 6) is 0.349. The van der Waals surface area contributed by atoms with E-state index in [0.717, 1.165) is 5.56 Å². The van der Waals surface area contributed by atoms with Crippen LogP contribution in [0.25, 0.3) is 0 Å². The predicted molar refractivity (Wildman–Crippen MR) is 69.7 cm³/mol. The number of anilines is 1. The molecular weight excluding hydrogens is 218 g/mol. The number of aromatic hydroxyl groups is 1. The van der Waals surface area contributed by atoms with E-state index < -0.39 is 0 Å². The third-order valence-electron chi connectivity index (χ3n) is 1.94. The van der Waals surface area contributed by atoms with E-state index in [-0.39, 0.29) is 18.3 Å². The molecule has 0 atom stereocenters. The van der Waals surface area contributed by atoms with Crippen LogP contribution in [0.15, 0.2) is 12.1 Å². The summed E-state index contributed by atoms with van der Waals surface area (Å²) in [5, 5.41) is 12.0. The van der Waals surface area contributed by atoms with Crippen molar-refractivity contribution < 1.29 is 14.6 Å². The van der Waals surface area contributed by atoms with Gasteiger partial charge in [-0.15, -0.1) is 0 Å². The molecule has 96 valence electrons. The number of phenols is 1. The molecule has 17 heavy (non-hydrogen) atoms. The van der Waals surface area contributed by atoms with Crippen LogP contribution in [0.1, 0.15) is 33.3 Å². The van der Waals surface area contributed by atoms with Gasteiger partial charge in [-0.2, -0.15) is 0 Å². The maximum Gasteiger partial charge on any atom is 0.262 e. The minimum atomic E-state index is -0.242. The van der Waals surface area contributed by atoms with Crippen LogP contribution in [0.4, 0.5) is 5.69 Å². The lowest BCUT2D eigenvalue weighted by Crippen LogP contribution is -2.25. The van der Waals surface area contributed by atoms with E-state index in [1.165, 1.54) is 6.07 Å². The van der Waals surface area contributed by atoms with E-state index in [0.29, 0.717) is 11.4 Å². The third kappa shape index (κ3) is 3.66. The lowest BCUT2D eigenvalue weighted by molar-refractivity contribution is -0.118. The smallest absolute Gasteiger partial charge is 0.262 e. The Bertz CT molecular complexity index is 375. The molecule has 0 radical (unpaired) electrons. The van der Waals surface area contributed by atoms with Gasteiger partial charge in [0, 0.05) is 0 Å². The van der Waals surface area contributed by atoms with Gasteiger partial charge in [-0.1, -0.05) is 33.8 Å². The normalized spacial score (nSPS) is 11.7. The van der Waals surface area contributed by atoms with Crippen molar-refractivity contribution in [2.45, 2.75) is 34.6 Å². The summed E-state index contributed by atoms with van der Waals surface area (Å²) in [7, 11) is 0. The standard InChI is InChI=1S/C9H9NO3.2C2H6/c1-5-2-3-6(11)8-9(5)13-4-7(12)10-8;2*1-2/h2-3,11H,4H2,1H3,(H,10,12);2*1-2H3. The van der Waals surface area contributed by atoms with Gasteiger partial charge in [0.1, 0.15) is 17.2 Å². The number of amides is 1. The second-order valence-corrected chi connectivity index (χ2v) is 2.94. The van der Waals surface area contributed by atoms with E-state index in [2.05, 4.69) is 5.32 Å². The lowest BCUT2D eigenvalue weighted by Gasteiger charge is -2.20. The highest BCUT2D eigenvalue weighted by molar-refractivity contribution is 5.97. The molecule has 1 heterocycles. The quantitative estimate of drug-likeness (QED) is 0.684. The Hall–Kier alpha value is -1.71. The number of carbonyl (C=O) groups is 1. The topological polar surface area (TPSA) is 58.6 Å². The first kappa shape index (κ1) is 15.3. The van der Waals surface area contributed by atoms with Crippen molar-refractivity contribution in [1.82, 2.24) is 0 Å². The fourth-order valence-corrected chi connectivity index (χ4v) is 1.30. The fourth-order valence-electron chi connectivity index (χ4n) is 1.30. The first-order valence-electron chi connectivity index (χ1n) is 5.93. The molecular formula is C13H21NO3. The molecule has 0 aromatic heterocycles. The average molecular weight is 239 g/mol. The van der Waals surface area contributed by atoms with Crippen LogP contribution in [-0.4, -0.2) is 17.6 Å². The Kier molecular flexibility index (Phi) is 6.79. The number of hydrogen-bond donors (Lipinski definition) is 2. The van der Waals surface area contributed by atoms with Crippen molar-refractivity contribution in [2.75, 3.05) is 11.9 Å². The SMILES string of the molecule is CC.CC.Cc1ccc(O)c2c1OCC(=O)N2. The summed E-state index contributed by atoms with van der Waals surface area (Å²) in [5.41, 5.74) is 1.27. The minimum absolute atomic E-state index is 0.0112. The predicted octanol–water partition coefficient (Wildman–Crippen LogP) is 3.08. The minimum Gasteiger partial charge on any atom is -0.506 e. The molecule has 4 heteroatoms. The van der Waals surface area contributed by atoms with Gasteiger partial charge in [0.2, 0.25) is 0 Å². The van der Waals surface area contributed by atoms with E-state index in [4.69, 9.17) is 4.74 Å². The molecule has 1 amide bonds. The molecule has 0 unspecified atom stereocenters. The zero-order chi connectivity index (χ0) is 13.4. The van der Waals surface area contributed by atoms with Crippen LogP contribution >= 0.6 is 0 Å². The number of aryl methyl sites for hydroxylation is 1. The zero-order valence-electron chi connectivity index (χ0n) is 11.1. The number of benzene rings is 1. The van der Waals surface area contributed by atoms with E-state index in [1.54, 1.807) is 6.07 Å². The maximum absolute atomic E-state index is 10.9. The van der Waals surface area contributed by atoms with Crippen LogP contribution in [0.5, 0.6) is 11.5 Å². The van der Waals surface area contributed by atoms with Crippen LogP contribution < -0.4 is 10.1 Å². The summed E-state index contributed by atoms with van der Waals surface area (Å²) in [4.78, 5) is 10.9. The third-order valence-corrected chi connectivity index (χ3v) is 1.94. The molecule has 0 saturated heterocycles. The van der Waals surface area contributed by atoms with Crippen molar-refractivity contribution in [1.29, 1.82) is 0 Å². The first-order valence-corrected chi connectivity index (χ1v) is 5.93. The van der Waals surface area contributed by atoms with Crippen molar-refractivity contribution in [3.05, 3.63) is 17.7 Å². The molecule has 1 aromatic carbocycles. The lowest BCUT2D eigenvalue weighted by atomic mass is 10.1. The van der Waals surface area contributed by atoms with Crippen LogP contribution in [0.3, 0.4) is 0 Å². The molecule has 1 aliphatic heterocycles. The second-order valence-electron chi connectivity index (χ2n) is 2.94. The van der Waals surface area contributed by atoms with Crippen LogP contribution in [0.2, 0.25) is 0 Å². The van der Waals surface area contributed by atoms with Gasteiger partial charge < -0.3 is 15.2 Å². The number of hydrogen-bond acceptors (Lipinski definition) is 3. The summed E-state index contributed by atoms with van der Waals surface area (Å²) in [6.45, 7) is 9.87. The highest BCUT2D eigenvalue weighted by atomic mass is 16.5. The van der Waals surface area contributed by atoms with Crippen molar-refractivity contribution in [2.24, 2.45) is 0 Å². The molecule has 2 N–H and O–H groups in total. The monoisotopic (exact) mass is 239 g/mol. The van der Waals surface area contributed by atoms with Crippen LogP contribution in [0, 0.1) is 6.92 Å². The fraction of sp³-hybridized carbons (Fsp3) is 0.462. The van der Waals surface area contributed by atoms with Gasteiger partial charge in [-0.25, -0.2) is 0 Å². The molecule has 4 nitrogen and oxygen atoms in total. The maximum atomic E-state index is 10.9. The first-order chi connectivity index (χ1) is 8.18. The molecule has 1 aromatic rings. The Labute approximate surface area is 103 Å². The Morgan fingerprint density at radius 3 is 2.41 bits per heavy atom. The van der Waals surface area contributed by atoms with E-state index >= 15 is 0 Å². The summed E-state index contributed by atoms with van der Waals surface area (Å²) >= 11 is 0. The summed E-state index contributed by atoms with van der Waals surface area (Å²) in [6.07, 6.45) is 0. The molecule has 0 saturated carbocycles. The molecule has 0 fully saturated rings. The number of fused-ring (bicyclic) bond motifs is 1. The molecule has 0 spiro atoms. The van der Waals surface area contributed by atoms with Gasteiger partial charge in [0.05, 0.1) is 0 Å². The van der Waals surface area contributed by atoms with Gasteiger partial charge >= 0.3 is 0 Å². The van der Waals surface area contributed by atoms with Crippen molar-refractivity contribution in [3.63, 3.8) is 0 Å². The number of carbonyl (C=O) groups excluding carboxylic acids is 1. The highest BCUT2D eigenvalue weighted by Gasteiger charge is 2.20. The number of ether oxygens (including phenoxy) is 1. The van der Waals surface area contributed by atoms with E-state index in [9.17, 15) is 9.90 Å². The Morgan fingerprint density at radius 1 is 1.24 bits per heavy atom. The van der Waals surface area contributed by atoms with Gasteiger partial charge in [-0.3, -0.25) is 4.79 Å². The Morgan fingerprint density at radius 2 is 1.82 bits per heavy atom. The highest BCUT2D eigenvalue weighted by Crippen LogP contribution is 2.38. The van der Waals surface area contributed by atoms with Gasteiger partial charge in [-0.05, 0) is 18.6 Å². The molecule has 0 aliphatic carbocycles. The zero-order valence-corrected chi connectivity index (χ0v) is 11.1. The van der Waals surface area contributed by atoms with Crippen LogP contribution in [-0.2, 0) is 4.79 Å². The average Bonchev–Trinajstić information content (AvgIpc) is 2.39. The van der Waals surface area contributed by atoms with Crippen molar-refractivity contribution >= 4 is 11.6 Å². The molecule has 0 bridgehead atoms. The number of phenolic OH excluding ortho intramolecular Hbond substituents is 1. The number of nitrogens with one attached hydrogen (secondary N) is 1. The largest absolute Gasteiger partial charge is 0.506 e. The summed E-state index contributed by atoms with van der Waals surface area (Å²) in [6, 6.07) is 3.27. The summed E-state index contributed by atoms with van der Waals surface area (Å²) < 4.78 is 5.18. The van der Waals surface area contributed by atoms with E-state index in [1.807, 2.05) is 34.6 Å². The molecule has 1 aliphatic rings. The Balaban J connectivity index is 0.000000581. The van der Waals surface area contributed by atoms with Gasteiger partial charge in [0.15, 0.2) is 6.61 Å². The second kappa shape index (κ2) is 7.54. The molecule has 2 rings (SSSR count). The van der Waals surface area contributed by atoms with Crippen molar-refractivity contribution in [3.8, 4) is 11.5 Å². The van der Waals surface area contributed by atoms with Gasteiger partial charge in [0.25, 0.3) is 5.91 Å².